The van der Waals surface area contributed by atoms with Gasteiger partial charge in [0.05, 0.1) is 0 Å². The van der Waals surface area contributed by atoms with Crippen molar-refractivity contribution in [2.24, 2.45) is 4.99 Å². The van der Waals surface area contributed by atoms with Crippen LogP contribution in [0.2, 0.25) is 0 Å². The SMILES string of the molecule is CC.C\C=C(/C=N\C(C)=C/C)CN1CCNCC1. The van der Waals surface area contributed by atoms with Gasteiger partial charge in [-0.1, -0.05) is 26.0 Å². The molecule has 3 nitrogen and oxygen atoms in total. The summed E-state index contributed by atoms with van der Waals surface area (Å²) in [5.41, 5.74) is 2.36. The van der Waals surface area contributed by atoms with Crippen molar-refractivity contribution in [3.05, 3.63) is 23.4 Å². The maximum atomic E-state index is 4.40. The van der Waals surface area contributed by atoms with E-state index >= 15 is 0 Å². The van der Waals surface area contributed by atoms with Crippen molar-refractivity contribution in [3.8, 4) is 0 Å². The topological polar surface area (TPSA) is 27.6 Å². The first-order valence-electron chi connectivity index (χ1n) is 7.01. The summed E-state index contributed by atoms with van der Waals surface area (Å²) in [5.74, 6) is 0. The van der Waals surface area contributed by atoms with Crippen LogP contribution in [-0.4, -0.2) is 43.8 Å². The molecule has 3 heteroatoms. The summed E-state index contributed by atoms with van der Waals surface area (Å²) in [5, 5.41) is 3.36. The van der Waals surface area contributed by atoms with Gasteiger partial charge in [-0.2, -0.15) is 0 Å². The molecule has 1 N–H and O–H groups in total. The minimum absolute atomic E-state index is 1.01. The lowest BCUT2D eigenvalue weighted by molar-refractivity contribution is 0.262. The molecule has 0 spiro atoms. The summed E-state index contributed by atoms with van der Waals surface area (Å²) in [7, 11) is 0. The van der Waals surface area contributed by atoms with Crippen molar-refractivity contribution in [1.82, 2.24) is 10.2 Å². The lowest BCUT2D eigenvalue weighted by Gasteiger charge is -2.27. The lowest BCUT2D eigenvalue weighted by Crippen LogP contribution is -2.44. The zero-order valence-corrected chi connectivity index (χ0v) is 12.7. The minimum Gasteiger partial charge on any atom is -0.314 e. The zero-order chi connectivity index (χ0) is 13.8. The normalized spacial score (nSPS) is 18.7. The predicted octanol–water partition coefficient (Wildman–Crippen LogP) is 2.86. The second kappa shape index (κ2) is 11.2. The molecule has 18 heavy (non-hydrogen) atoms. The van der Waals surface area contributed by atoms with Crippen molar-refractivity contribution >= 4 is 6.21 Å². The highest BCUT2D eigenvalue weighted by atomic mass is 15.2. The van der Waals surface area contributed by atoms with Crippen LogP contribution < -0.4 is 5.32 Å². The first-order chi connectivity index (χ1) is 8.76. The number of hydrogen-bond donors (Lipinski definition) is 1. The summed E-state index contributed by atoms with van der Waals surface area (Å²) < 4.78 is 0. The van der Waals surface area contributed by atoms with Crippen LogP contribution in [0.1, 0.15) is 34.6 Å². The third kappa shape index (κ3) is 7.41. The van der Waals surface area contributed by atoms with Crippen LogP contribution in [0.5, 0.6) is 0 Å². The summed E-state index contributed by atoms with van der Waals surface area (Å²) in [6, 6.07) is 0. The standard InChI is InChI=1S/C13H23N3.C2H6/c1-4-12(3)15-10-13(5-2)11-16-8-6-14-7-9-16;1-2/h4-5,10,14H,6-9,11H2,1-3H3;1-2H3/b12-4-,13-5+,15-10-;. The fourth-order valence-corrected chi connectivity index (χ4v) is 1.59. The van der Waals surface area contributed by atoms with Crippen molar-refractivity contribution in [1.29, 1.82) is 0 Å². The van der Waals surface area contributed by atoms with Gasteiger partial charge in [0, 0.05) is 44.6 Å². The zero-order valence-electron chi connectivity index (χ0n) is 12.7. The Morgan fingerprint density at radius 1 is 1.17 bits per heavy atom. The van der Waals surface area contributed by atoms with E-state index in [1.165, 1.54) is 5.57 Å². The van der Waals surface area contributed by atoms with E-state index in [0.717, 1.165) is 38.4 Å². The Bertz CT molecular complexity index is 284. The van der Waals surface area contributed by atoms with E-state index in [1.54, 1.807) is 0 Å². The van der Waals surface area contributed by atoms with Crippen LogP contribution in [-0.2, 0) is 0 Å². The number of aliphatic imine (C=N–C) groups is 1. The van der Waals surface area contributed by atoms with Gasteiger partial charge in [-0.25, -0.2) is 0 Å². The highest BCUT2D eigenvalue weighted by molar-refractivity contribution is 5.79. The second-order valence-electron chi connectivity index (χ2n) is 4.08. The smallest absolute Gasteiger partial charge is 0.0330 e. The van der Waals surface area contributed by atoms with Crippen LogP contribution in [0.4, 0.5) is 0 Å². The summed E-state index contributed by atoms with van der Waals surface area (Å²) in [6.07, 6.45) is 6.15. The van der Waals surface area contributed by atoms with Gasteiger partial charge in [0.15, 0.2) is 0 Å². The Labute approximate surface area is 113 Å². The van der Waals surface area contributed by atoms with E-state index < -0.39 is 0 Å². The van der Waals surface area contributed by atoms with Gasteiger partial charge in [-0.15, -0.1) is 0 Å². The molecule has 0 bridgehead atoms. The molecule has 0 saturated carbocycles. The molecule has 0 aromatic heterocycles. The molecule has 0 radical (unpaired) electrons. The molecule has 0 unspecified atom stereocenters. The number of hydrogen-bond acceptors (Lipinski definition) is 3. The third-order valence-corrected chi connectivity index (χ3v) is 2.84. The fraction of sp³-hybridized carbons (Fsp3) is 0.667. The molecular weight excluding hydrogens is 222 g/mol. The van der Waals surface area contributed by atoms with Crippen LogP contribution in [0.25, 0.3) is 0 Å². The van der Waals surface area contributed by atoms with Gasteiger partial charge in [-0.3, -0.25) is 9.89 Å². The largest absolute Gasteiger partial charge is 0.314 e. The van der Waals surface area contributed by atoms with Gasteiger partial charge in [0.2, 0.25) is 0 Å². The maximum Gasteiger partial charge on any atom is 0.0330 e. The highest BCUT2D eigenvalue weighted by Crippen LogP contribution is 2.01. The monoisotopic (exact) mass is 251 g/mol. The molecule has 0 atom stereocenters. The van der Waals surface area contributed by atoms with Gasteiger partial charge < -0.3 is 5.32 Å². The highest BCUT2D eigenvalue weighted by Gasteiger charge is 2.09. The van der Waals surface area contributed by atoms with E-state index in [0.29, 0.717) is 0 Å². The quantitative estimate of drug-likeness (QED) is 0.778. The molecule has 1 aliphatic heterocycles. The molecule has 1 fully saturated rings. The van der Waals surface area contributed by atoms with Gasteiger partial charge in [0.1, 0.15) is 0 Å². The van der Waals surface area contributed by atoms with Gasteiger partial charge >= 0.3 is 0 Å². The van der Waals surface area contributed by atoms with Crippen LogP contribution in [0.15, 0.2) is 28.4 Å². The molecule has 1 aliphatic rings. The average Bonchev–Trinajstić information content (AvgIpc) is 2.46. The Balaban J connectivity index is 0.00000137. The Kier molecular flexibility index (Phi) is 10.6. The molecular formula is C15H29N3. The van der Waals surface area contributed by atoms with Gasteiger partial charge in [0.25, 0.3) is 0 Å². The molecule has 1 rings (SSSR count). The second-order valence-corrected chi connectivity index (χ2v) is 4.08. The molecule has 1 heterocycles. The van der Waals surface area contributed by atoms with E-state index in [2.05, 4.69) is 28.2 Å². The van der Waals surface area contributed by atoms with Crippen LogP contribution >= 0.6 is 0 Å². The Hall–Kier alpha value is -0.930. The van der Waals surface area contributed by atoms with Crippen molar-refractivity contribution in [3.63, 3.8) is 0 Å². The number of rotatable bonds is 4. The van der Waals surface area contributed by atoms with Crippen LogP contribution in [0, 0.1) is 0 Å². The summed E-state index contributed by atoms with van der Waals surface area (Å²) >= 11 is 0. The first-order valence-corrected chi connectivity index (χ1v) is 7.01. The Morgan fingerprint density at radius 3 is 2.28 bits per heavy atom. The number of allylic oxidation sites excluding steroid dienone is 3. The molecule has 0 amide bonds. The summed E-state index contributed by atoms with van der Waals surface area (Å²) in [6.45, 7) is 15.6. The van der Waals surface area contributed by atoms with Gasteiger partial charge in [-0.05, 0) is 26.3 Å². The lowest BCUT2D eigenvalue weighted by atomic mass is 10.2. The van der Waals surface area contributed by atoms with Crippen LogP contribution in [0.3, 0.4) is 0 Å². The maximum absolute atomic E-state index is 4.40. The van der Waals surface area contributed by atoms with Crippen molar-refractivity contribution in [2.45, 2.75) is 34.6 Å². The number of nitrogens with zero attached hydrogens (tertiary/aromatic N) is 2. The Morgan fingerprint density at radius 2 is 1.78 bits per heavy atom. The van der Waals surface area contributed by atoms with E-state index in [4.69, 9.17) is 0 Å². The third-order valence-electron chi connectivity index (χ3n) is 2.84. The molecule has 0 aliphatic carbocycles. The summed E-state index contributed by atoms with van der Waals surface area (Å²) in [4.78, 5) is 6.87. The van der Waals surface area contributed by atoms with E-state index in [1.807, 2.05) is 40.0 Å². The molecule has 1 saturated heterocycles. The molecule has 0 aromatic rings. The average molecular weight is 251 g/mol. The minimum atomic E-state index is 1.01. The molecule has 104 valence electrons. The molecule has 0 aromatic carbocycles. The number of nitrogens with one attached hydrogen (secondary N) is 1. The van der Waals surface area contributed by atoms with Crippen molar-refractivity contribution in [2.75, 3.05) is 32.7 Å². The van der Waals surface area contributed by atoms with Crippen molar-refractivity contribution < 1.29 is 0 Å². The number of piperazine rings is 1. The predicted molar refractivity (Wildman–Crippen MR) is 82.3 cm³/mol. The van der Waals surface area contributed by atoms with E-state index in [9.17, 15) is 0 Å². The fourth-order valence-electron chi connectivity index (χ4n) is 1.59. The first kappa shape index (κ1) is 17.1. The van der Waals surface area contributed by atoms with E-state index in [-0.39, 0.29) is 0 Å².